The third kappa shape index (κ3) is 8.75. The summed E-state index contributed by atoms with van der Waals surface area (Å²) in [7, 11) is 0. The van der Waals surface area contributed by atoms with Gasteiger partial charge in [0.2, 0.25) is 0 Å². The van der Waals surface area contributed by atoms with Gasteiger partial charge in [-0.1, -0.05) is 0 Å². The third-order valence-electron chi connectivity index (χ3n) is 8.05. The van der Waals surface area contributed by atoms with Gasteiger partial charge >= 0.3 is 0 Å². The van der Waals surface area contributed by atoms with Crippen molar-refractivity contribution in [1.29, 1.82) is 0 Å². The van der Waals surface area contributed by atoms with E-state index in [0.717, 1.165) is 68.6 Å². The van der Waals surface area contributed by atoms with E-state index >= 15 is 0 Å². The van der Waals surface area contributed by atoms with Crippen LogP contribution in [0.15, 0.2) is 146 Å². The van der Waals surface area contributed by atoms with E-state index in [-0.39, 0.29) is 0 Å². The normalized spacial score (nSPS) is 10.7. The quantitative estimate of drug-likeness (QED) is 0.101. The molecule has 0 aliphatic heterocycles. The number of hydrogen-bond donors (Lipinski definition) is 0. The molecule has 6 aromatic rings. The van der Waals surface area contributed by atoms with Gasteiger partial charge in [-0.25, -0.2) is 0 Å². The Morgan fingerprint density at radius 3 is 0.627 bits per heavy atom. The molecule has 0 saturated carbocycles. The number of ether oxygens (including phenoxy) is 5. The summed E-state index contributed by atoms with van der Waals surface area (Å²) in [6.45, 7) is 10.4. The highest BCUT2D eigenvalue weighted by molar-refractivity contribution is 5.78. The van der Waals surface area contributed by atoms with E-state index in [2.05, 4.69) is 82.6 Å². The fourth-order valence-electron chi connectivity index (χ4n) is 5.79. The van der Waals surface area contributed by atoms with Crippen molar-refractivity contribution in [3.8, 4) is 34.5 Å². The summed E-state index contributed by atoms with van der Waals surface area (Å²) < 4.78 is 29.1. The van der Waals surface area contributed by atoms with Crippen molar-refractivity contribution >= 4 is 34.1 Å². The molecular weight excluding hydrogens is 636 g/mol. The molecule has 0 aliphatic rings. The van der Waals surface area contributed by atoms with Gasteiger partial charge in [-0.2, -0.15) is 0 Å². The molecule has 0 atom stereocenters. The zero-order valence-corrected chi connectivity index (χ0v) is 29.6. The summed E-state index contributed by atoms with van der Waals surface area (Å²) in [5, 5.41) is 0. The maximum atomic E-state index is 6.34. The van der Waals surface area contributed by atoms with E-state index in [4.69, 9.17) is 23.7 Å². The molecule has 0 aromatic heterocycles. The van der Waals surface area contributed by atoms with Crippen molar-refractivity contribution in [2.24, 2.45) is 0 Å². The first-order valence-corrected chi connectivity index (χ1v) is 17.5. The number of anilines is 6. The molecule has 0 heterocycles. The van der Waals surface area contributed by atoms with Crippen molar-refractivity contribution in [3.05, 3.63) is 146 Å². The number of benzene rings is 6. The van der Waals surface area contributed by atoms with Gasteiger partial charge in [0.1, 0.15) is 34.5 Å². The molecule has 0 amide bonds. The molecule has 0 saturated heterocycles. The predicted molar refractivity (Wildman–Crippen MR) is 207 cm³/mol. The largest absolute Gasteiger partial charge is 0.494 e. The first kappa shape index (κ1) is 34.8. The summed E-state index contributed by atoms with van der Waals surface area (Å²) >= 11 is 0. The smallest absolute Gasteiger partial charge is 0.127 e. The highest BCUT2D eigenvalue weighted by Crippen LogP contribution is 2.39. The van der Waals surface area contributed by atoms with Crippen molar-refractivity contribution in [2.45, 2.75) is 27.7 Å². The first-order valence-electron chi connectivity index (χ1n) is 17.5. The first-order chi connectivity index (χ1) is 25.1. The average molecular weight is 681 g/mol. The molecule has 0 radical (unpaired) electrons. The van der Waals surface area contributed by atoms with E-state index in [0.29, 0.717) is 26.4 Å². The third-order valence-corrected chi connectivity index (χ3v) is 8.05. The molecule has 0 N–H and O–H groups in total. The molecule has 7 heteroatoms. The Morgan fingerprint density at radius 2 is 0.451 bits per heavy atom. The minimum absolute atomic E-state index is 0.621. The Balaban J connectivity index is 1.23. The Labute approximate surface area is 301 Å². The highest BCUT2D eigenvalue weighted by Gasteiger charge is 2.15. The Kier molecular flexibility index (Phi) is 11.6. The standard InChI is InChI=1S/C44H44N2O5/c1-5-47-39-21-9-33(10-22-39)45(34-11-23-40(24-12-34)48-6-2)37-17-29-43(30-18-37)51-44-31-19-38(20-32-44)46(35-13-25-41(26-14-35)49-7-3)36-15-27-42(28-16-36)50-8-4/h9-32H,5-8H2,1-4H3. The van der Waals surface area contributed by atoms with E-state index < -0.39 is 0 Å². The van der Waals surface area contributed by atoms with Crippen LogP contribution in [0.2, 0.25) is 0 Å². The second-order valence-electron chi connectivity index (χ2n) is 11.5. The van der Waals surface area contributed by atoms with E-state index in [1.807, 2.05) is 100 Å². The van der Waals surface area contributed by atoms with E-state index in [1.165, 1.54) is 0 Å². The minimum atomic E-state index is 0.621. The van der Waals surface area contributed by atoms with Crippen LogP contribution in [-0.2, 0) is 0 Å². The van der Waals surface area contributed by atoms with Crippen molar-refractivity contribution < 1.29 is 23.7 Å². The lowest BCUT2D eigenvalue weighted by Crippen LogP contribution is -2.10. The molecule has 0 fully saturated rings. The Bertz CT molecular complexity index is 1680. The molecule has 6 aromatic carbocycles. The zero-order chi connectivity index (χ0) is 35.4. The van der Waals surface area contributed by atoms with Crippen molar-refractivity contribution in [3.63, 3.8) is 0 Å². The monoisotopic (exact) mass is 680 g/mol. The van der Waals surface area contributed by atoms with Crippen LogP contribution in [0.4, 0.5) is 34.1 Å². The number of rotatable bonds is 16. The summed E-state index contributed by atoms with van der Waals surface area (Å²) in [5.41, 5.74) is 6.03. The van der Waals surface area contributed by atoms with Gasteiger partial charge in [0.15, 0.2) is 0 Å². The van der Waals surface area contributed by atoms with Gasteiger partial charge in [0.05, 0.1) is 26.4 Å². The molecule has 0 aliphatic carbocycles. The summed E-state index contributed by atoms with van der Waals surface area (Å²) in [6.07, 6.45) is 0. The van der Waals surface area contributed by atoms with Gasteiger partial charge in [-0.15, -0.1) is 0 Å². The SMILES string of the molecule is CCOc1ccc(N(c2ccc(OCC)cc2)c2ccc(Oc3ccc(N(c4ccc(OCC)cc4)c4ccc(OCC)cc4)cc3)cc2)cc1. The maximum absolute atomic E-state index is 6.34. The van der Waals surface area contributed by atoms with Crippen LogP contribution in [0.3, 0.4) is 0 Å². The summed E-state index contributed by atoms with van der Waals surface area (Å²) in [4.78, 5) is 4.39. The fourth-order valence-corrected chi connectivity index (χ4v) is 5.79. The topological polar surface area (TPSA) is 52.6 Å². The van der Waals surface area contributed by atoms with Crippen molar-refractivity contribution in [2.75, 3.05) is 36.2 Å². The van der Waals surface area contributed by atoms with Gasteiger partial charge in [0, 0.05) is 34.1 Å². The molecule has 7 nitrogen and oxygen atoms in total. The number of hydrogen-bond acceptors (Lipinski definition) is 7. The van der Waals surface area contributed by atoms with Crippen LogP contribution in [0.1, 0.15) is 27.7 Å². The molecule has 0 bridgehead atoms. The molecule has 6 rings (SSSR count). The molecule has 0 spiro atoms. The van der Waals surface area contributed by atoms with Gasteiger partial charge in [-0.05, 0) is 173 Å². The summed E-state index contributed by atoms with van der Waals surface area (Å²) in [6, 6.07) is 48.7. The van der Waals surface area contributed by atoms with E-state index in [9.17, 15) is 0 Å². The van der Waals surface area contributed by atoms with Gasteiger partial charge in [-0.3, -0.25) is 0 Å². The van der Waals surface area contributed by atoms with Crippen LogP contribution < -0.4 is 33.5 Å². The van der Waals surface area contributed by atoms with Gasteiger partial charge < -0.3 is 33.5 Å². The van der Waals surface area contributed by atoms with Crippen LogP contribution in [0, 0.1) is 0 Å². The second kappa shape index (κ2) is 17.0. The zero-order valence-electron chi connectivity index (χ0n) is 29.6. The maximum Gasteiger partial charge on any atom is 0.127 e. The Morgan fingerprint density at radius 1 is 0.275 bits per heavy atom. The highest BCUT2D eigenvalue weighted by atomic mass is 16.5. The average Bonchev–Trinajstić information content (AvgIpc) is 3.16. The predicted octanol–water partition coefficient (Wildman–Crippen LogP) is 12.0. The molecule has 51 heavy (non-hydrogen) atoms. The molecule has 0 unspecified atom stereocenters. The fraction of sp³-hybridized carbons (Fsp3) is 0.182. The molecular formula is C44H44N2O5. The second-order valence-corrected chi connectivity index (χ2v) is 11.5. The lowest BCUT2D eigenvalue weighted by Gasteiger charge is -2.26. The van der Waals surface area contributed by atoms with Crippen LogP contribution >= 0.6 is 0 Å². The lowest BCUT2D eigenvalue weighted by molar-refractivity contribution is 0.340. The lowest BCUT2D eigenvalue weighted by atomic mass is 10.1. The Hall–Kier alpha value is -6.08. The van der Waals surface area contributed by atoms with Crippen molar-refractivity contribution in [1.82, 2.24) is 0 Å². The number of nitrogens with zero attached hydrogens (tertiary/aromatic N) is 2. The minimum Gasteiger partial charge on any atom is -0.494 e. The van der Waals surface area contributed by atoms with E-state index in [1.54, 1.807) is 0 Å². The van der Waals surface area contributed by atoms with Gasteiger partial charge in [0.25, 0.3) is 0 Å². The molecule has 260 valence electrons. The van der Waals surface area contributed by atoms with Crippen LogP contribution in [0.5, 0.6) is 34.5 Å². The van der Waals surface area contributed by atoms with Crippen LogP contribution in [-0.4, -0.2) is 26.4 Å². The summed E-state index contributed by atoms with van der Waals surface area (Å²) in [5.74, 6) is 4.82. The van der Waals surface area contributed by atoms with Crippen LogP contribution in [0.25, 0.3) is 0 Å².